The van der Waals surface area contributed by atoms with Crippen LogP contribution in [0.25, 0.3) is 11.3 Å². The normalized spacial score (nSPS) is 10.4. The second kappa shape index (κ2) is 4.70. The van der Waals surface area contributed by atoms with Gasteiger partial charge in [-0.05, 0) is 24.3 Å². The molecule has 0 aliphatic carbocycles. The zero-order valence-electron chi connectivity index (χ0n) is 9.27. The van der Waals surface area contributed by atoms with Crippen molar-refractivity contribution in [1.29, 1.82) is 0 Å². The third-order valence-electron chi connectivity index (χ3n) is 2.41. The molecule has 16 heavy (non-hydrogen) atoms. The summed E-state index contributed by atoms with van der Waals surface area (Å²) < 4.78 is 5.39. The second-order valence-electron chi connectivity index (χ2n) is 3.70. The first-order valence-corrected chi connectivity index (χ1v) is 6.10. The fraction of sp³-hybridized carbons (Fsp3) is 0.250. The molecule has 84 valence electrons. The first-order valence-electron chi connectivity index (χ1n) is 4.98. The molecule has 0 radical (unpaired) electrons. The van der Waals surface area contributed by atoms with Crippen LogP contribution >= 0.6 is 15.9 Å². The Kier molecular flexibility index (Phi) is 3.29. The van der Waals surface area contributed by atoms with Gasteiger partial charge in [0.15, 0.2) is 12.2 Å². The Morgan fingerprint density at radius 2 is 1.94 bits per heavy atom. The number of halogens is 1. The molecular weight excluding hydrogens is 268 g/mol. The second-order valence-corrected chi connectivity index (χ2v) is 4.26. The molecule has 0 bridgehead atoms. The molecule has 0 atom stereocenters. The van der Waals surface area contributed by atoms with Crippen molar-refractivity contribution in [3.63, 3.8) is 0 Å². The number of nitrogens with zero attached hydrogens (tertiary/aromatic N) is 2. The topological polar surface area (TPSA) is 29.3 Å². The van der Waals surface area contributed by atoms with Crippen molar-refractivity contribution in [2.45, 2.75) is 5.33 Å². The molecule has 0 aliphatic heterocycles. The van der Waals surface area contributed by atoms with Gasteiger partial charge in [-0.1, -0.05) is 15.9 Å². The number of alkyl halides is 1. The maximum absolute atomic E-state index is 5.39. The average molecular weight is 281 g/mol. The zero-order chi connectivity index (χ0) is 11.5. The van der Waals surface area contributed by atoms with Crippen molar-refractivity contribution in [2.24, 2.45) is 0 Å². The first-order chi connectivity index (χ1) is 7.72. The van der Waals surface area contributed by atoms with Gasteiger partial charge >= 0.3 is 0 Å². The van der Waals surface area contributed by atoms with Crippen molar-refractivity contribution < 1.29 is 4.42 Å². The van der Waals surface area contributed by atoms with Crippen LogP contribution in [0.1, 0.15) is 5.69 Å². The molecular formula is C12H13BrN2O. The maximum Gasteiger partial charge on any atom is 0.181 e. The first kappa shape index (κ1) is 11.2. The van der Waals surface area contributed by atoms with Crippen LogP contribution in [0.4, 0.5) is 5.69 Å². The standard InChI is InChI=1S/C12H13BrN2O/c1-15(2)10-5-3-9(4-6-10)12-11(7-13)14-8-16-12/h3-6,8H,7H2,1-2H3. The third-order valence-corrected chi connectivity index (χ3v) is 2.94. The zero-order valence-corrected chi connectivity index (χ0v) is 10.9. The van der Waals surface area contributed by atoms with E-state index >= 15 is 0 Å². The molecule has 1 heterocycles. The Morgan fingerprint density at radius 1 is 1.25 bits per heavy atom. The number of anilines is 1. The fourth-order valence-electron chi connectivity index (χ4n) is 1.51. The van der Waals surface area contributed by atoms with E-state index in [0.29, 0.717) is 5.33 Å². The molecule has 1 aromatic heterocycles. The van der Waals surface area contributed by atoms with Gasteiger partial charge in [-0.25, -0.2) is 4.98 Å². The maximum atomic E-state index is 5.39. The highest BCUT2D eigenvalue weighted by Crippen LogP contribution is 2.26. The van der Waals surface area contributed by atoms with Crippen LogP contribution in [0.15, 0.2) is 35.1 Å². The van der Waals surface area contributed by atoms with Gasteiger partial charge in [-0.15, -0.1) is 0 Å². The van der Waals surface area contributed by atoms with Crippen molar-refractivity contribution in [1.82, 2.24) is 4.98 Å². The Bertz CT molecular complexity index is 462. The summed E-state index contributed by atoms with van der Waals surface area (Å²) in [4.78, 5) is 6.21. The Labute approximate surface area is 103 Å². The summed E-state index contributed by atoms with van der Waals surface area (Å²) in [6, 6.07) is 8.22. The lowest BCUT2D eigenvalue weighted by molar-refractivity contribution is 0.571. The van der Waals surface area contributed by atoms with Crippen LogP contribution in [0.3, 0.4) is 0 Å². The Morgan fingerprint density at radius 3 is 2.50 bits per heavy atom. The molecule has 4 heteroatoms. The van der Waals surface area contributed by atoms with E-state index in [0.717, 1.165) is 17.0 Å². The largest absolute Gasteiger partial charge is 0.443 e. The molecule has 0 saturated carbocycles. The molecule has 0 unspecified atom stereocenters. The summed E-state index contributed by atoms with van der Waals surface area (Å²) in [5.41, 5.74) is 3.15. The summed E-state index contributed by atoms with van der Waals surface area (Å²) in [6.45, 7) is 0. The number of hydrogen-bond donors (Lipinski definition) is 0. The monoisotopic (exact) mass is 280 g/mol. The van der Waals surface area contributed by atoms with E-state index in [4.69, 9.17) is 4.42 Å². The number of aromatic nitrogens is 1. The molecule has 0 spiro atoms. The van der Waals surface area contributed by atoms with Crippen LogP contribution < -0.4 is 4.90 Å². The molecule has 0 saturated heterocycles. The molecule has 0 N–H and O–H groups in total. The molecule has 2 rings (SSSR count). The van der Waals surface area contributed by atoms with Gasteiger partial charge in [-0.2, -0.15) is 0 Å². The van der Waals surface area contributed by atoms with E-state index in [1.807, 2.05) is 26.2 Å². The SMILES string of the molecule is CN(C)c1ccc(-c2ocnc2CBr)cc1. The summed E-state index contributed by atoms with van der Waals surface area (Å²) in [7, 11) is 4.04. The van der Waals surface area contributed by atoms with E-state index in [1.54, 1.807) is 0 Å². The lowest BCUT2D eigenvalue weighted by Gasteiger charge is -2.12. The number of oxazole rings is 1. The highest BCUT2D eigenvalue weighted by Gasteiger charge is 2.09. The smallest absolute Gasteiger partial charge is 0.181 e. The molecule has 0 fully saturated rings. The van der Waals surface area contributed by atoms with E-state index in [9.17, 15) is 0 Å². The van der Waals surface area contributed by atoms with Crippen molar-refractivity contribution in [2.75, 3.05) is 19.0 Å². The summed E-state index contributed by atoms with van der Waals surface area (Å²) in [5, 5.41) is 0.703. The van der Waals surface area contributed by atoms with Crippen molar-refractivity contribution in [3.8, 4) is 11.3 Å². The van der Waals surface area contributed by atoms with E-state index in [2.05, 4.69) is 37.9 Å². The summed E-state index contributed by atoms with van der Waals surface area (Å²) in [6.07, 6.45) is 1.48. The van der Waals surface area contributed by atoms with E-state index in [1.165, 1.54) is 12.1 Å². The van der Waals surface area contributed by atoms with Gasteiger partial charge < -0.3 is 9.32 Å². The fourth-order valence-corrected chi connectivity index (χ4v) is 1.91. The molecule has 2 aromatic rings. The van der Waals surface area contributed by atoms with Crippen LogP contribution in [0, 0.1) is 0 Å². The van der Waals surface area contributed by atoms with Crippen LogP contribution in [-0.4, -0.2) is 19.1 Å². The predicted molar refractivity (Wildman–Crippen MR) is 68.9 cm³/mol. The Hall–Kier alpha value is -1.29. The van der Waals surface area contributed by atoms with Crippen molar-refractivity contribution in [3.05, 3.63) is 36.4 Å². The van der Waals surface area contributed by atoms with Gasteiger partial charge in [0, 0.05) is 30.7 Å². The summed E-state index contributed by atoms with van der Waals surface area (Å²) in [5.74, 6) is 0.835. The molecule has 0 aliphatic rings. The number of rotatable bonds is 3. The lowest BCUT2D eigenvalue weighted by Crippen LogP contribution is -2.07. The molecule has 1 aromatic carbocycles. The van der Waals surface area contributed by atoms with Gasteiger partial charge in [0.1, 0.15) is 0 Å². The number of benzene rings is 1. The van der Waals surface area contributed by atoms with Crippen LogP contribution in [0.2, 0.25) is 0 Å². The van der Waals surface area contributed by atoms with Gasteiger partial charge in [-0.3, -0.25) is 0 Å². The van der Waals surface area contributed by atoms with Gasteiger partial charge in [0.2, 0.25) is 0 Å². The van der Waals surface area contributed by atoms with Crippen LogP contribution in [-0.2, 0) is 5.33 Å². The van der Waals surface area contributed by atoms with Crippen LogP contribution in [0.5, 0.6) is 0 Å². The quantitative estimate of drug-likeness (QED) is 0.808. The lowest BCUT2D eigenvalue weighted by atomic mass is 10.1. The Balaban J connectivity index is 2.35. The highest BCUT2D eigenvalue weighted by molar-refractivity contribution is 9.08. The highest BCUT2D eigenvalue weighted by atomic mass is 79.9. The van der Waals surface area contributed by atoms with E-state index < -0.39 is 0 Å². The third kappa shape index (κ3) is 2.11. The molecule has 0 amide bonds. The number of hydrogen-bond acceptors (Lipinski definition) is 3. The minimum atomic E-state index is 0.703. The predicted octanol–water partition coefficient (Wildman–Crippen LogP) is 3.30. The summed E-state index contributed by atoms with van der Waals surface area (Å²) >= 11 is 3.39. The minimum absolute atomic E-state index is 0.703. The van der Waals surface area contributed by atoms with Gasteiger partial charge in [0.05, 0.1) is 5.69 Å². The minimum Gasteiger partial charge on any atom is -0.443 e. The van der Waals surface area contributed by atoms with Crippen molar-refractivity contribution >= 4 is 21.6 Å². The molecule has 3 nitrogen and oxygen atoms in total. The van der Waals surface area contributed by atoms with Gasteiger partial charge in [0.25, 0.3) is 0 Å². The average Bonchev–Trinajstić information content (AvgIpc) is 2.77. The van der Waals surface area contributed by atoms with E-state index in [-0.39, 0.29) is 0 Å².